The number of ether oxygens (including phenoxy) is 3. The highest BCUT2D eigenvalue weighted by atomic mass is 16.6. The number of hydrogen-bond acceptors (Lipinski definition) is 6. The van der Waals surface area contributed by atoms with E-state index in [1.54, 1.807) is 0 Å². The summed E-state index contributed by atoms with van der Waals surface area (Å²) in [5.41, 5.74) is 0. The normalized spacial score (nSPS) is 12.6. The molecule has 0 aliphatic heterocycles. The van der Waals surface area contributed by atoms with Crippen LogP contribution in [-0.2, 0) is 28.6 Å². The van der Waals surface area contributed by atoms with Gasteiger partial charge in [-0.3, -0.25) is 14.4 Å². The molecule has 0 N–H and O–H groups in total. The second kappa shape index (κ2) is 69.1. The van der Waals surface area contributed by atoms with Crippen LogP contribution in [0.1, 0.15) is 355 Å². The standard InChI is InChI=1S/C75H132O6/c1-4-7-10-13-16-19-22-25-28-31-33-35-36-37-38-40-41-44-47-50-53-56-59-62-65-68-74(77)80-71-72(70-79-73(76)67-64-61-58-55-52-49-46-43-30-27-24-21-18-15-12-9-6-3)81-75(78)69-66-63-60-57-54-51-48-45-42-39-34-32-29-26-23-20-17-14-11-8-5-2/h9,12,18,21,23,26-27,30-34,42,45,72H,4-8,10-11,13-17,19-20,22,24-25,28-29,35-41,43-44,46-71H2,1-3H3/b12-9-,21-18-,26-23-,30-27-,33-31-,34-32-,45-42-. The molecule has 0 bridgehead atoms. The average Bonchev–Trinajstić information content (AvgIpc) is 3.47. The van der Waals surface area contributed by atoms with Gasteiger partial charge in [0, 0.05) is 19.3 Å². The van der Waals surface area contributed by atoms with Crippen LogP contribution < -0.4 is 0 Å². The van der Waals surface area contributed by atoms with E-state index in [0.29, 0.717) is 19.3 Å². The van der Waals surface area contributed by atoms with Crippen LogP contribution in [0.2, 0.25) is 0 Å². The fourth-order valence-corrected chi connectivity index (χ4v) is 10.1. The predicted molar refractivity (Wildman–Crippen MR) is 353 cm³/mol. The summed E-state index contributed by atoms with van der Waals surface area (Å²) in [6.45, 7) is 6.55. The van der Waals surface area contributed by atoms with Crippen LogP contribution in [-0.4, -0.2) is 37.2 Å². The van der Waals surface area contributed by atoms with Gasteiger partial charge in [-0.15, -0.1) is 0 Å². The van der Waals surface area contributed by atoms with Crippen LogP contribution in [0.15, 0.2) is 85.1 Å². The van der Waals surface area contributed by atoms with E-state index in [2.05, 4.69) is 106 Å². The Balaban J connectivity index is 4.36. The molecule has 0 aromatic rings. The third-order valence-electron chi connectivity index (χ3n) is 15.4. The fraction of sp³-hybridized carbons (Fsp3) is 0.773. The summed E-state index contributed by atoms with van der Waals surface area (Å²) in [6.07, 6.45) is 91.7. The maximum atomic E-state index is 13.0. The van der Waals surface area contributed by atoms with Crippen LogP contribution in [0.25, 0.3) is 0 Å². The van der Waals surface area contributed by atoms with Crippen molar-refractivity contribution in [2.75, 3.05) is 13.2 Å². The molecule has 0 radical (unpaired) electrons. The molecule has 1 unspecified atom stereocenters. The third kappa shape index (κ3) is 67.3. The number of carbonyl (C=O) groups is 3. The Morgan fingerprint density at radius 3 is 0.765 bits per heavy atom. The summed E-state index contributed by atoms with van der Waals surface area (Å²) >= 11 is 0. The van der Waals surface area contributed by atoms with E-state index < -0.39 is 6.10 Å². The Morgan fingerprint density at radius 1 is 0.259 bits per heavy atom. The van der Waals surface area contributed by atoms with Crippen molar-refractivity contribution in [1.29, 1.82) is 0 Å². The molecule has 6 nitrogen and oxygen atoms in total. The lowest BCUT2D eigenvalue weighted by Gasteiger charge is -2.18. The quantitative estimate of drug-likeness (QED) is 0.0261. The van der Waals surface area contributed by atoms with E-state index in [4.69, 9.17) is 14.2 Å². The highest BCUT2D eigenvalue weighted by Crippen LogP contribution is 2.17. The molecule has 468 valence electrons. The molecule has 0 saturated heterocycles. The zero-order chi connectivity index (χ0) is 58.5. The second-order valence-electron chi connectivity index (χ2n) is 23.4. The molecule has 0 aromatic heterocycles. The summed E-state index contributed by atoms with van der Waals surface area (Å²) in [5, 5.41) is 0. The van der Waals surface area contributed by atoms with Gasteiger partial charge in [0.1, 0.15) is 13.2 Å². The zero-order valence-corrected chi connectivity index (χ0v) is 53.8. The van der Waals surface area contributed by atoms with Gasteiger partial charge in [-0.25, -0.2) is 0 Å². The number of hydrogen-bond donors (Lipinski definition) is 0. The third-order valence-corrected chi connectivity index (χ3v) is 15.4. The highest BCUT2D eigenvalue weighted by molar-refractivity contribution is 5.71. The van der Waals surface area contributed by atoms with Crippen LogP contribution in [0.3, 0.4) is 0 Å². The van der Waals surface area contributed by atoms with E-state index in [1.807, 2.05) is 0 Å². The van der Waals surface area contributed by atoms with Gasteiger partial charge in [-0.2, -0.15) is 0 Å². The first-order chi connectivity index (χ1) is 40.0. The van der Waals surface area contributed by atoms with Gasteiger partial charge in [-0.1, -0.05) is 305 Å². The van der Waals surface area contributed by atoms with Crippen molar-refractivity contribution in [2.24, 2.45) is 0 Å². The van der Waals surface area contributed by atoms with Gasteiger partial charge in [0.25, 0.3) is 0 Å². The highest BCUT2D eigenvalue weighted by Gasteiger charge is 2.19. The number of rotatable bonds is 64. The van der Waals surface area contributed by atoms with E-state index in [1.165, 1.54) is 205 Å². The molecular weight excluding hydrogens is 997 g/mol. The molecule has 0 aliphatic rings. The molecular formula is C75H132O6. The summed E-state index contributed by atoms with van der Waals surface area (Å²) < 4.78 is 17.0. The Morgan fingerprint density at radius 2 is 0.481 bits per heavy atom. The summed E-state index contributed by atoms with van der Waals surface area (Å²) in [4.78, 5) is 38.5. The maximum absolute atomic E-state index is 13.0. The van der Waals surface area contributed by atoms with E-state index in [9.17, 15) is 14.4 Å². The summed E-state index contributed by atoms with van der Waals surface area (Å²) in [5.74, 6) is -0.890. The second-order valence-corrected chi connectivity index (χ2v) is 23.4. The minimum Gasteiger partial charge on any atom is -0.462 e. The van der Waals surface area contributed by atoms with Gasteiger partial charge in [-0.05, 0) is 116 Å². The lowest BCUT2D eigenvalue weighted by Crippen LogP contribution is -2.30. The predicted octanol–water partition coefficient (Wildman–Crippen LogP) is 24.2. The molecule has 0 saturated carbocycles. The minimum atomic E-state index is -0.790. The number of allylic oxidation sites excluding steroid dienone is 14. The molecule has 1 atom stereocenters. The lowest BCUT2D eigenvalue weighted by molar-refractivity contribution is -0.167. The largest absolute Gasteiger partial charge is 0.462 e. The van der Waals surface area contributed by atoms with E-state index >= 15 is 0 Å². The molecule has 0 amide bonds. The molecule has 0 fully saturated rings. The van der Waals surface area contributed by atoms with Gasteiger partial charge >= 0.3 is 17.9 Å². The van der Waals surface area contributed by atoms with Crippen LogP contribution in [0, 0.1) is 0 Å². The Kier molecular flexibility index (Phi) is 66.2. The van der Waals surface area contributed by atoms with E-state index in [-0.39, 0.29) is 31.1 Å². The lowest BCUT2D eigenvalue weighted by atomic mass is 10.0. The smallest absolute Gasteiger partial charge is 0.306 e. The molecule has 0 aliphatic carbocycles. The van der Waals surface area contributed by atoms with Crippen LogP contribution >= 0.6 is 0 Å². The molecule has 0 heterocycles. The van der Waals surface area contributed by atoms with E-state index in [0.717, 1.165) is 109 Å². The number of esters is 3. The first kappa shape index (κ1) is 77.6. The Labute approximate surface area is 503 Å². The molecule has 0 rings (SSSR count). The zero-order valence-electron chi connectivity index (χ0n) is 53.8. The topological polar surface area (TPSA) is 78.9 Å². The summed E-state index contributed by atoms with van der Waals surface area (Å²) in [7, 11) is 0. The van der Waals surface area contributed by atoms with Gasteiger partial charge < -0.3 is 14.2 Å². The SMILES string of the molecule is CC/C=C\C/C=C\C/C=C\CCCCCCCCCC(=O)OCC(COC(=O)CCCCCCCCCCCCCCC/C=C\CCCCCCCCCC)OC(=O)CCCCCCCC/C=C\C/C=C\C/C=C\CCCCCCC. The van der Waals surface area contributed by atoms with Crippen molar-refractivity contribution in [3.63, 3.8) is 0 Å². The molecule has 6 heteroatoms. The van der Waals surface area contributed by atoms with Crippen LogP contribution in [0.5, 0.6) is 0 Å². The van der Waals surface area contributed by atoms with Crippen molar-refractivity contribution < 1.29 is 28.6 Å². The molecule has 81 heavy (non-hydrogen) atoms. The first-order valence-electron chi connectivity index (χ1n) is 35.1. The Bertz CT molecular complexity index is 1530. The Hall–Kier alpha value is -3.41. The first-order valence-corrected chi connectivity index (χ1v) is 35.1. The van der Waals surface area contributed by atoms with Crippen molar-refractivity contribution in [1.82, 2.24) is 0 Å². The van der Waals surface area contributed by atoms with Crippen molar-refractivity contribution in [2.45, 2.75) is 361 Å². The molecule has 0 spiro atoms. The molecule has 0 aromatic carbocycles. The van der Waals surface area contributed by atoms with Gasteiger partial charge in [0.15, 0.2) is 6.10 Å². The van der Waals surface area contributed by atoms with Crippen molar-refractivity contribution in [3.8, 4) is 0 Å². The number of unbranched alkanes of at least 4 members (excludes halogenated alkanes) is 39. The average molecular weight is 1130 g/mol. The van der Waals surface area contributed by atoms with Crippen molar-refractivity contribution in [3.05, 3.63) is 85.1 Å². The minimum absolute atomic E-state index is 0.0835. The van der Waals surface area contributed by atoms with Crippen LogP contribution in [0.4, 0.5) is 0 Å². The number of carbonyl (C=O) groups excluding carboxylic acids is 3. The van der Waals surface area contributed by atoms with Gasteiger partial charge in [0.05, 0.1) is 0 Å². The monoisotopic (exact) mass is 1130 g/mol. The van der Waals surface area contributed by atoms with Crippen molar-refractivity contribution >= 4 is 17.9 Å². The fourth-order valence-electron chi connectivity index (χ4n) is 10.1. The van der Waals surface area contributed by atoms with Gasteiger partial charge in [0.2, 0.25) is 0 Å². The maximum Gasteiger partial charge on any atom is 0.306 e. The summed E-state index contributed by atoms with van der Waals surface area (Å²) in [6, 6.07) is 0.